The van der Waals surface area contributed by atoms with Crippen LogP contribution in [0.1, 0.15) is 11.1 Å². The fourth-order valence-corrected chi connectivity index (χ4v) is 1.95. The number of carbonyl (C=O) groups is 1. The van der Waals surface area contributed by atoms with Crippen molar-refractivity contribution in [1.29, 1.82) is 10.8 Å². The maximum Gasteiger partial charge on any atom is 0.263 e. The second-order valence-corrected chi connectivity index (χ2v) is 4.55. The summed E-state index contributed by atoms with van der Waals surface area (Å²) in [5.41, 5.74) is 2.69. The summed E-state index contributed by atoms with van der Waals surface area (Å²) in [4.78, 5) is 12.7. The van der Waals surface area contributed by atoms with Crippen LogP contribution in [0.2, 0.25) is 0 Å². The van der Waals surface area contributed by atoms with Crippen LogP contribution in [0, 0.1) is 10.8 Å². The van der Waals surface area contributed by atoms with Crippen LogP contribution in [0.25, 0.3) is 0 Å². The Kier molecular flexibility index (Phi) is 5.00. The zero-order valence-electron chi connectivity index (χ0n) is 11.8. The third-order valence-electron chi connectivity index (χ3n) is 3.06. The van der Waals surface area contributed by atoms with Crippen molar-refractivity contribution in [2.45, 2.75) is 0 Å². The summed E-state index contributed by atoms with van der Waals surface area (Å²) in [5.74, 6) is -0.669. The molecule has 6 nitrogen and oxygen atoms in total. The molecule has 6 heteroatoms. The molecule has 22 heavy (non-hydrogen) atoms. The molecular weight excluding hydrogens is 280 g/mol. The Morgan fingerprint density at radius 1 is 0.909 bits per heavy atom. The molecule has 0 saturated heterocycles. The number of hydroxylamine groups is 1. The molecule has 112 valence electrons. The normalized spacial score (nSPS) is 9.86. The van der Waals surface area contributed by atoms with Gasteiger partial charge in [0.2, 0.25) is 0 Å². The molecule has 0 radical (unpaired) electrons. The van der Waals surface area contributed by atoms with Gasteiger partial charge in [-0.25, -0.2) is 5.48 Å². The van der Waals surface area contributed by atoms with Crippen LogP contribution in [0.4, 0.5) is 0 Å². The van der Waals surface area contributed by atoms with E-state index in [0.717, 1.165) is 0 Å². The number of carbonyl (C=O) groups excluding carboxylic acids is 1. The van der Waals surface area contributed by atoms with Crippen molar-refractivity contribution in [3.63, 3.8) is 0 Å². The first-order valence-electron chi connectivity index (χ1n) is 6.62. The van der Waals surface area contributed by atoms with Gasteiger partial charge in [-0.1, -0.05) is 60.7 Å². The molecule has 0 heterocycles. The van der Waals surface area contributed by atoms with Crippen molar-refractivity contribution in [2.75, 3.05) is 6.54 Å². The molecular formula is C16H16N4O2. The third-order valence-corrected chi connectivity index (χ3v) is 3.06. The molecule has 4 N–H and O–H groups in total. The lowest BCUT2D eigenvalue weighted by atomic mass is 10.1. The van der Waals surface area contributed by atoms with Gasteiger partial charge in [-0.15, -0.1) is 0 Å². The van der Waals surface area contributed by atoms with E-state index in [1.165, 1.54) is 10.4 Å². The summed E-state index contributed by atoms with van der Waals surface area (Å²) in [6.07, 6.45) is 0. The predicted molar refractivity (Wildman–Crippen MR) is 83.2 cm³/mol. The first kappa shape index (κ1) is 15.4. The van der Waals surface area contributed by atoms with E-state index in [2.05, 4.69) is 0 Å². The Morgan fingerprint density at radius 2 is 1.32 bits per heavy atom. The Hall–Kier alpha value is -2.99. The van der Waals surface area contributed by atoms with Crippen LogP contribution >= 0.6 is 0 Å². The van der Waals surface area contributed by atoms with E-state index < -0.39 is 5.91 Å². The molecule has 0 spiro atoms. The van der Waals surface area contributed by atoms with E-state index >= 15 is 0 Å². The summed E-state index contributed by atoms with van der Waals surface area (Å²) >= 11 is 0. The minimum atomic E-state index is -0.693. The average Bonchev–Trinajstić information content (AvgIpc) is 2.59. The lowest BCUT2D eigenvalue weighted by molar-refractivity contribution is -0.128. The van der Waals surface area contributed by atoms with Gasteiger partial charge in [0.05, 0.1) is 0 Å². The summed E-state index contributed by atoms with van der Waals surface area (Å²) in [5, 5.41) is 25.2. The quantitative estimate of drug-likeness (QED) is 0.300. The van der Waals surface area contributed by atoms with Crippen LogP contribution in [0.3, 0.4) is 0 Å². The standard InChI is InChI=1S/C16H16N4O2/c17-15(12-7-3-1-4-8-12)20(11-14(21)19-22)16(18)13-9-5-2-6-10-13/h1-10,17-18,22H,11H2,(H,19,21). The van der Waals surface area contributed by atoms with Crippen molar-refractivity contribution in [3.05, 3.63) is 71.8 Å². The molecule has 0 bridgehead atoms. The largest absolute Gasteiger partial charge is 0.301 e. The van der Waals surface area contributed by atoms with Gasteiger partial charge < -0.3 is 4.90 Å². The van der Waals surface area contributed by atoms with Gasteiger partial charge in [0, 0.05) is 11.1 Å². The van der Waals surface area contributed by atoms with E-state index in [0.29, 0.717) is 11.1 Å². The molecule has 0 aliphatic heterocycles. The first-order chi connectivity index (χ1) is 10.6. The molecule has 0 fully saturated rings. The van der Waals surface area contributed by atoms with Crippen molar-refractivity contribution in [2.24, 2.45) is 0 Å². The lowest BCUT2D eigenvalue weighted by Crippen LogP contribution is -2.43. The topological polar surface area (TPSA) is 100 Å². The van der Waals surface area contributed by atoms with Gasteiger partial charge in [0.25, 0.3) is 5.91 Å². The molecule has 0 atom stereocenters. The van der Waals surface area contributed by atoms with Crippen molar-refractivity contribution in [1.82, 2.24) is 10.4 Å². The fraction of sp³-hybridized carbons (Fsp3) is 0.0625. The second kappa shape index (κ2) is 7.14. The van der Waals surface area contributed by atoms with Gasteiger partial charge >= 0.3 is 0 Å². The summed E-state index contributed by atoms with van der Waals surface area (Å²) in [6, 6.07) is 17.7. The van der Waals surface area contributed by atoms with Crippen LogP contribution in [0.5, 0.6) is 0 Å². The van der Waals surface area contributed by atoms with Gasteiger partial charge in [-0.2, -0.15) is 0 Å². The SMILES string of the molecule is N=C(c1ccccc1)N(CC(=O)NO)C(=N)c1ccccc1. The maximum atomic E-state index is 11.5. The van der Waals surface area contributed by atoms with Gasteiger partial charge in [0.15, 0.2) is 0 Å². The lowest BCUT2D eigenvalue weighted by Gasteiger charge is -2.25. The second-order valence-electron chi connectivity index (χ2n) is 4.55. The van der Waals surface area contributed by atoms with Crippen LogP contribution in [-0.4, -0.2) is 34.2 Å². The van der Waals surface area contributed by atoms with Gasteiger partial charge in [-0.3, -0.25) is 20.8 Å². The number of amides is 1. The molecule has 0 aromatic heterocycles. The summed E-state index contributed by atoms with van der Waals surface area (Å²) < 4.78 is 0. The van der Waals surface area contributed by atoms with Crippen molar-refractivity contribution < 1.29 is 10.0 Å². The number of nitrogens with one attached hydrogen (secondary N) is 3. The van der Waals surface area contributed by atoms with Crippen LogP contribution in [0.15, 0.2) is 60.7 Å². The number of rotatable bonds is 4. The fourth-order valence-electron chi connectivity index (χ4n) is 1.95. The average molecular weight is 296 g/mol. The minimum absolute atomic E-state index is 0.0121. The zero-order chi connectivity index (χ0) is 15.9. The molecule has 0 unspecified atom stereocenters. The van der Waals surface area contributed by atoms with Gasteiger partial charge in [0.1, 0.15) is 18.2 Å². The van der Waals surface area contributed by atoms with E-state index in [1.54, 1.807) is 48.5 Å². The van der Waals surface area contributed by atoms with Crippen LogP contribution < -0.4 is 5.48 Å². The Labute approximate surface area is 128 Å². The van der Waals surface area contributed by atoms with Crippen LogP contribution in [-0.2, 0) is 4.79 Å². The highest BCUT2D eigenvalue weighted by molar-refractivity contribution is 6.13. The van der Waals surface area contributed by atoms with E-state index in [-0.39, 0.29) is 18.2 Å². The Bertz CT molecular complexity index is 620. The highest BCUT2D eigenvalue weighted by Gasteiger charge is 2.20. The smallest absolute Gasteiger partial charge is 0.263 e. The molecule has 2 aromatic carbocycles. The Morgan fingerprint density at radius 3 is 1.68 bits per heavy atom. The molecule has 0 aliphatic carbocycles. The number of benzene rings is 2. The highest BCUT2D eigenvalue weighted by Crippen LogP contribution is 2.10. The number of hydrogen-bond acceptors (Lipinski definition) is 4. The molecule has 0 aliphatic rings. The highest BCUT2D eigenvalue weighted by atomic mass is 16.5. The molecule has 2 rings (SSSR count). The third kappa shape index (κ3) is 3.56. The summed E-state index contributed by atoms with van der Waals surface area (Å²) in [6.45, 7) is -0.321. The van der Waals surface area contributed by atoms with E-state index in [4.69, 9.17) is 16.0 Å². The van der Waals surface area contributed by atoms with E-state index in [1.807, 2.05) is 12.1 Å². The van der Waals surface area contributed by atoms with Crippen molar-refractivity contribution >= 4 is 17.6 Å². The number of hydrogen-bond donors (Lipinski definition) is 4. The molecule has 1 amide bonds. The first-order valence-corrected chi connectivity index (χ1v) is 6.62. The Balaban J connectivity index is 2.32. The minimum Gasteiger partial charge on any atom is -0.301 e. The summed E-state index contributed by atoms with van der Waals surface area (Å²) in [7, 11) is 0. The van der Waals surface area contributed by atoms with Gasteiger partial charge in [-0.05, 0) is 0 Å². The monoisotopic (exact) mass is 296 g/mol. The predicted octanol–water partition coefficient (Wildman–Crippen LogP) is 1.84. The van der Waals surface area contributed by atoms with Crippen molar-refractivity contribution in [3.8, 4) is 0 Å². The molecule has 0 saturated carbocycles. The number of amidine groups is 2. The molecule has 2 aromatic rings. The maximum absolute atomic E-state index is 11.5. The number of nitrogens with zero attached hydrogens (tertiary/aromatic N) is 1. The van der Waals surface area contributed by atoms with E-state index in [9.17, 15) is 4.79 Å². The zero-order valence-corrected chi connectivity index (χ0v) is 11.8.